The number of rotatable bonds is 3. The topological polar surface area (TPSA) is 80.4 Å². The van der Waals surface area contributed by atoms with Crippen LogP contribution in [0.1, 0.15) is 0 Å². The monoisotopic (exact) mass is 370 g/mol. The first-order valence-electron chi connectivity index (χ1n) is 6.93. The lowest BCUT2D eigenvalue weighted by atomic mass is 10.2. The molecular weight excluding hydrogens is 361 g/mol. The van der Waals surface area contributed by atoms with E-state index >= 15 is 0 Å². The fourth-order valence-electron chi connectivity index (χ4n) is 2.51. The molecule has 0 spiro atoms. The summed E-state index contributed by atoms with van der Waals surface area (Å²) in [5.74, 6) is -3.21. The summed E-state index contributed by atoms with van der Waals surface area (Å²) in [4.78, 5) is 2.56. The number of H-pyrrole nitrogens is 1. The van der Waals surface area contributed by atoms with Gasteiger partial charge in [-0.2, -0.15) is 0 Å². The minimum atomic E-state index is -4.27. The predicted octanol–water partition coefficient (Wildman–Crippen LogP) is 3.11. The molecule has 0 saturated heterocycles. The molecule has 0 aliphatic carbocycles. The molecule has 25 heavy (non-hydrogen) atoms. The predicted molar refractivity (Wildman–Crippen MR) is 81.5 cm³/mol. The van der Waals surface area contributed by atoms with Crippen LogP contribution in [0.25, 0.3) is 10.9 Å². The standard InChI is InChI=1S/C15H9F3N2O4S/c16-8-2-10(18)12(3-9(8)17)20-25(21,22)15-5-19-11-4-14-13(1-7(11)15)23-6-24-14/h1-5,19-20H,6H2. The van der Waals surface area contributed by atoms with Gasteiger partial charge in [0.05, 0.1) is 11.2 Å². The van der Waals surface area contributed by atoms with Crippen molar-refractivity contribution in [1.29, 1.82) is 0 Å². The van der Waals surface area contributed by atoms with E-state index in [0.717, 1.165) is 0 Å². The number of halogens is 3. The Labute approximate surface area is 139 Å². The van der Waals surface area contributed by atoms with Crippen molar-refractivity contribution in [2.24, 2.45) is 0 Å². The number of nitrogens with one attached hydrogen (secondary N) is 2. The summed E-state index contributed by atoms with van der Waals surface area (Å²) < 4.78 is 77.4. The number of ether oxygens (including phenoxy) is 2. The maximum atomic E-state index is 13.7. The Kier molecular flexibility index (Phi) is 3.32. The maximum Gasteiger partial charge on any atom is 0.264 e. The van der Waals surface area contributed by atoms with E-state index in [1.165, 1.54) is 12.3 Å². The van der Waals surface area contributed by atoms with Crippen LogP contribution in [0.15, 0.2) is 35.4 Å². The van der Waals surface area contributed by atoms with E-state index in [2.05, 4.69) is 4.98 Å². The van der Waals surface area contributed by atoms with Gasteiger partial charge >= 0.3 is 0 Å². The number of benzene rings is 2. The number of aromatic nitrogens is 1. The Morgan fingerprint density at radius 1 is 0.960 bits per heavy atom. The van der Waals surface area contributed by atoms with Gasteiger partial charge in [-0.1, -0.05) is 0 Å². The molecule has 4 rings (SSSR count). The minimum absolute atomic E-state index is 0.0162. The summed E-state index contributed by atoms with van der Waals surface area (Å²) >= 11 is 0. The van der Waals surface area contributed by atoms with E-state index < -0.39 is 33.2 Å². The van der Waals surface area contributed by atoms with Crippen molar-refractivity contribution in [3.8, 4) is 11.5 Å². The molecule has 0 radical (unpaired) electrons. The molecule has 6 nitrogen and oxygen atoms in total. The molecule has 0 amide bonds. The highest BCUT2D eigenvalue weighted by Gasteiger charge is 2.24. The number of hydrogen-bond donors (Lipinski definition) is 2. The van der Waals surface area contributed by atoms with Crippen LogP contribution in [0.4, 0.5) is 18.9 Å². The third kappa shape index (κ3) is 2.54. The molecule has 0 saturated carbocycles. The number of hydrogen-bond acceptors (Lipinski definition) is 4. The van der Waals surface area contributed by atoms with Crippen LogP contribution < -0.4 is 14.2 Å². The van der Waals surface area contributed by atoms with Crippen molar-refractivity contribution in [2.75, 3.05) is 11.5 Å². The van der Waals surface area contributed by atoms with E-state index in [1.807, 2.05) is 4.72 Å². The number of anilines is 1. The lowest BCUT2D eigenvalue weighted by molar-refractivity contribution is 0.174. The zero-order valence-corrected chi connectivity index (χ0v) is 13.1. The van der Waals surface area contributed by atoms with Gasteiger partial charge in [-0.3, -0.25) is 4.72 Å². The Morgan fingerprint density at radius 2 is 1.64 bits per heavy atom. The fraction of sp³-hybridized carbons (Fsp3) is 0.0667. The molecule has 130 valence electrons. The normalized spacial score (nSPS) is 13.4. The lowest BCUT2D eigenvalue weighted by Gasteiger charge is -2.09. The molecule has 0 atom stereocenters. The van der Waals surface area contributed by atoms with Crippen molar-refractivity contribution in [1.82, 2.24) is 4.98 Å². The van der Waals surface area contributed by atoms with Gasteiger partial charge in [0.15, 0.2) is 23.1 Å². The van der Waals surface area contributed by atoms with Gasteiger partial charge in [0.25, 0.3) is 10.0 Å². The second-order valence-corrected chi connectivity index (χ2v) is 6.91. The summed E-state index contributed by atoms with van der Waals surface area (Å²) in [5.41, 5.74) is -0.246. The Morgan fingerprint density at radius 3 is 2.40 bits per heavy atom. The molecule has 1 aromatic heterocycles. The summed E-state index contributed by atoms with van der Waals surface area (Å²) in [7, 11) is -4.27. The van der Waals surface area contributed by atoms with Crippen molar-refractivity contribution in [2.45, 2.75) is 4.90 Å². The second-order valence-electron chi connectivity index (χ2n) is 5.26. The Bertz CT molecular complexity index is 1110. The van der Waals surface area contributed by atoms with Crippen molar-refractivity contribution in [3.05, 3.63) is 47.9 Å². The first-order valence-corrected chi connectivity index (χ1v) is 8.41. The highest BCUT2D eigenvalue weighted by Crippen LogP contribution is 2.38. The van der Waals surface area contributed by atoms with Gasteiger partial charge in [0.1, 0.15) is 10.7 Å². The third-order valence-corrected chi connectivity index (χ3v) is 5.09. The van der Waals surface area contributed by atoms with E-state index in [0.29, 0.717) is 23.1 Å². The first kappa shape index (κ1) is 15.6. The SMILES string of the molecule is O=S(=O)(Nc1cc(F)c(F)cc1F)c1c[nH]c2cc3c(cc12)OCO3. The number of aromatic amines is 1. The highest BCUT2D eigenvalue weighted by atomic mass is 32.2. The summed E-state index contributed by atoms with van der Waals surface area (Å²) in [5, 5.41) is 0.278. The molecule has 2 N–H and O–H groups in total. The van der Waals surface area contributed by atoms with Crippen LogP contribution >= 0.6 is 0 Å². The van der Waals surface area contributed by atoms with Crippen LogP contribution in [-0.2, 0) is 10.0 Å². The van der Waals surface area contributed by atoms with Crippen molar-refractivity contribution >= 4 is 26.6 Å². The number of fused-ring (bicyclic) bond motifs is 2. The fourth-order valence-corrected chi connectivity index (χ4v) is 3.74. The molecule has 2 aromatic carbocycles. The van der Waals surface area contributed by atoms with Crippen molar-refractivity contribution < 1.29 is 31.1 Å². The zero-order chi connectivity index (χ0) is 17.8. The molecule has 0 bridgehead atoms. The smallest absolute Gasteiger partial charge is 0.264 e. The summed E-state index contributed by atoms with van der Waals surface area (Å²) in [6.07, 6.45) is 1.19. The van der Waals surface area contributed by atoms with Gasteiger partial charge in [-0.15, -0.1) is 0 Å². The van der Waals surface area contributed by atoms with Gasteiger partial charge in [-0.25, -0.2) is 21.6 Å². The van der Waals surface area contributed by atoms with E-state index in [1.54, 1.807) is 6.07 Å². The van der Waals surface area contributed by atoms with E-state index in [4.69, 9.17) is 9.47 Å². The van der Waals surface area contributed by atoms with E-state index in [-0.39, 0.29) is 23.1 Å². The Balaban J connectivity index is 1.78. The number of sulfonamides is 1. The molecule has 1 aliphatic rings. The van der Waals surface area contributed by atoms with Gasteiger partial charge in [0, 0.05) is 29.8 Å². The van der Waals surface area contributed by atoms with Gasteiger partial charge in [-0.05, 0) is 6.07 Å². The molecular formula is C15H9F3N2O4S. The summed E-state index contributed by atoms with van der Waals surface area (Å²) in [6, 6.07) is 3.73. The molecule has 1 aliphatic heterocycles. The van der Waals surface area contributed by atoms with E-state index in [9.17, 15) is 21.6 Å². The van der Waals surface area contributed by atoms with Crippen LogP contribution in [0.3, 0.4) is 0 Å². The van der Waals surface area contributed by atoms with Crippen LogP contribution in [-0.4, -0.2) is 20.2 Å². The molecule has 3 aromatic rings. The minimum Gasteiger partial charge on any atom is -0.454 e. The van der Waals surface area contributed by atoms with Gasteiger partial charge < -0.3 is 14.5 Å². The third-order valence-electron chi connectivity index (χ3n) is 3.68. The molecule has 0 fully saturated rings. The largest absolute Gasteiger partial charge is 0.454 e. The van der Waals surface area contributed by atoms with Crippen LogP contribution in [0, 0.1) is 17.5 Å². The second kappa shape index (κ2) is 5.31. The lowest BCUT2D eigenvalue weighted by Crippen LogP contribution is -2.14. The first-order chi connectivity index (χ1) is 11.8. The average molecular weight is 370 g/mol. The molecule has 2 heterocycles. The quantitative estimate of drug-likeness (QED) is 0.695. The summed E-state index contributed by atoms with van der Waals surface area (Å²) in [6.45, 7) is 0.0162. The van der Waals surface area contributed by atoms with Crippen LogP contribution in [0.5, 0.6) is 11.5 Å². The molecule has 10 heteroatoms. The highest BCUT2D eigenvalue weighted by molar-refractivity contribution is 7.93. The maximum absolute atomic E-state index is 13.7. The van der Waals surface area contributed by atoms with Gasteiger partial charge in [0.2, 0.25) is 6.79 Å². The van der Waals surface area contributed by atoms with Crippen molar-refractivity contribution in [3.63, 3.8) is 0 Å². The molecule has 0 unspecified atom stereocenters. The average Bonchev–Trinajstić information content (AvgIpc) is 3.16. The Hall–Kier alpha value is -2.88. The van der Waals surface area contributed by atoms with Crippen LogP contribution in [0.2, 0.25) is 0 Å². The zero-order valence-electron chi connectivity index (χ0n) is 12.3.